The molecule has 0 aliphatic heterocycles. The number of halogens is 3. The van der Waals surface area contributed by atoms with Crippen molar-refractivity contribution in [1.82, 2.24) is 79.0 Å². The third-order valence-electron chi connectivity index (χ3n) is 20.0. The summed E-state index contributed by atoms with van der Waals surface area (Å²) in [5.41, 5.74) is 20.0. The van der Waals surface area contributed by atoms with E-state index in [2.05, 4.69) is 85.7 Å². The summed E-state index contributed by atoms with van der Waals surface area (Å²) in [7, 11) is 19.0. The molecule has 17 rings (SSSR count). The van der Waals surface area contributed by atoms with Gasteiger partial charge in [-0.05, 0) is 117 Å². The van der Waals surface area contributed by atoms with Gasteiger partial charge >= 0.3 is 6.61 Å². The quantitative estimate of drug-likeness (QED) is 0.0463. The summed E-state index contributed by atoms with van der Waals surface area (Å²) >= 11 is 6.63. The van der Waals surface area contributed by atoms with Crippen molar-refractivity contribution in [2.24, 2.45) is 34.1 Å². The second kappa shape index (κ2) is 38.1. The molecule has 0 N–H and O–H groups in total. The minimum absolute atomic E-state index is 0.126. The summed E-state index contributed by atoms with van der Waals surface area (Å²) < 4.78 is 74.9. The van der Waals surface area contributed by atoms with Gasteiger partial charge in [-0.2, -0.15) is 29.2 Å². The Bertz CT molecular complexity index is 6240. The van der Waals surface area contributed by atoms with Crippen molar-refractivity contribution >= 4 is 101 Å². The Hall–Kier alpha value is -14.1. The number of hydrogen-bond acceptors (Lipinski definition) is 24. The van der Waals surface area contributed by atoms with Gasteiger partial charge in [0, 0.05) is 197 Å². The number of aryl methyl sites for hydroxylation is 4. The largest absolute Gasteiger partial charge is 0.497 e. The molecule has 8 aromatic heterocycles. The minimum Gasteiger partial charge on any atom is -0.497 e. The highest BCUT2D eigenvalue weighted by Crippen LogP contribution is 2.44. The van der Waals surface area contributed by atoms with E-state index in [9.17, 15) is 8.78 Å². The minimum atomic E-state index is -2.86. The molecule has 0 bridgehead atoms. The third kappa shape index (κ3) is 20.0. The molecule has 8 aromatic carbocycles. The zero-order valence-electron chi connectivity index (χ0n) is 69.2. The van der Waals surface area contributed by atoms with Gasteiger partial charge in [-0.25, -0.2) is 19.9 Å². The van der Waals surface area contributed by atoms with Crippen molar-refractivity contribution in [1.29, 1.82) is 0 Å². The summed E-state index contributed by atoms with van der Waals surface area (Å²) in [6, 6.07) is 46.1. The number of methoxy groups -OCH3 is 7. The van der Waals surface area contributed by atoms with E-state index in [0.717, 1.165) is 178 Å². The molecule has 0 unspecified atom stereocenters. The van der Waals surface area contributed by atoms with Crippen LogP contribution in [0, 0.1) is 5.92 Å². The number of hydrogen-bond donors (Lipinski definition) is 0. The first-order chi connectivity index (χ1) is 58.8. The van der Waals surface area contributed by atoms with Crippen molar-refractivity contribution in [3.05, 3.63) is 225 Å². The third-order valence-corrected chi connectivity index (χ3v) is 20.4. The molecule has 31 heteroatoms. The van der Waals surface area contributed by atoms with Crippen LogP contribution in [0.5, 0.6) is 40.2 Å². The van der Waals surface area contributed by atoms with Crippen molar-refractivity contribution in [3.63, 3.8) is 0 Å². The zero-order valence-corrected chi connectivity index (χ0v) is 70.0. The van der Waals surface area contributed by atoms with E-state index in [0.29, 0.717) is 48.0 Å². The predicted molar refractivity (Wildman–Crippen MR) is 468 cm³/mol. The average Bonchev–Trinajstić information content (AvgIpc) is 1.68. The Morgan fingerprint density at radius 2 is 0.802 bits per heavy atom. The molecule has 0 radical (unpaired) electrons. The number of ether oxygens (including phenoxy) is 8. The lowest BCUT2D eigenvalue weighted by Crippen LogP contribution is -2.22. The van der Waals surface area contributed by atoms with Crippen LogP contribution in [0.2, 0.25) is 5.02 Å². The molecule has 1 fully saturated rings. The van der Waals surface area contributed by atoms with Crippen molar-refractivity contribution in [3.8, 4) is 85.1 Å². The fourth-order valence-corrected chi connectivity index (χ4v) is 14.0. The van der Waals surface area contributed by atoms with Crippen LogP contribution >= 0.6 is 11.6 Å². The lowest BCUT2D eigenvalue weighted by atomic mass is 10.1. The standard InChI is InChI=1S/C23H21F2N5O.C23H25N5O3.C22H22ClN5O2.C22H23N5O2/c1-29-14-17(11-27-29)16-7-8-20-21(9-16)28-22(12-26-20)30(13-15-5-6-15)18-3-2-4-19(10-18)31-23(24)25;1-27-15-16(13-25-27)23-14-24-21-6-5-17(11-22(21)26-23)28(7-8-29-2)18-9-19(30-3)12-20(10-18)31-4;1-5-28(20-9-16(29-3)10-21(30-4)22(20)23)15-6-7-17-18(8-15)26-19(12-24-17)14-11-25-27(2)13-14;1-5-27(17-8-18(28-3)11-19(9-17)29-4)16-6-7-20-21(10-16)25-22(13-23-20)15-12-24-26(2)14-15/h2-4,7-12,14-15,23H,5-6,13H2,1H3;5-6,9-15H,7-8H2,1-4H3;6-13H,5H2,1-4H3;6-14H,5H2,1-4H3. The Labute approximate surface area is 703 Å². The molecule has 121 heavy (non-hydrogen) atoms. The Morgan fingerprint density at radius 3 is 1.23 bits per heavy atom. The van der Waals surface area contributed by atoms with Crippen molar-refractivity contribution < 1.29 is 46.7 Å². The van der Waals surface area contributed by atoms with Crippen LogP contribution in [0.25, 0.3) is 89.0 Å². The van der Waals surface area contributed by atoms with E-state index in [1.165, 1.54) is 6.07 Å². The van der Waals surface area contributed by atoms with Gasteiger partial charge in [0.25, 0.3) is 0 Å². The van der Waals surface area contributed by atoms with Crippen LogP contribution in [0.15, 0.2) is 220 Å². The van der Waals surface area contributed by atoms with Gasteiger partial charge in [0.1, 0.15) is 45.3 Å². The van der Waals surface area contributed by atoms with E-state index < -0.39 is 6.61 Å². The topological polar surface area (TPSA) is 261 Å². The molecule has 0 atom stereocenters. The summed E-state index contributed by atoms with van der Waals surface area (Å²) in [6.07, 6.45) is 24.2. The Morgan fingerprint density at radius 1 is 0.388 bits per heavy atom. The molecular weight excluding hydrogens is 1560 g/mol. The normalized spacial score (nSPS) is 11.6. The number of alkyl halides is 2. The van der Waals surface area contributed by atoms with Gasteiger partial charge in [-0.1, -0.05) is 23.7 Å². The van der Waals surface area contributed by atoms with Crippen molar-refractivity contribution in [2.75, 3.05) is 102 Å². The molecule has 16 aromatic rings. The molecule has 8 heterocycles. The van der Waals surface area contributed by atoms with Gasteiger partial charge < -0.3 is 57.5 Å². The smallest absolute Gasteiger partial charge is 0.387 e. The van der Waals surface area contributed by atoms with Crippen LogP contribution in [0.3, 0.4) is 0 Å². The number of benzene rings is 8. The molecule has 28 nitrogen and oxygen atoms in total. The first kappa shape index (κ1) is 83.4. The molecule has 1 aliphatic carbocycles. The van der Waals surface area contributed by atoms with Crippen LogP contribution in [-0.2, 0) is 32.9 Å². The highest BCUT2D eigenvalue weighted by molar-refractivity contribution is 6.35. The van der Waals surface area contributed by atoms with E-state index in [4.69, 9.17) is 64.7 Å². The first-order valence-corrected chi connectivity index (χ1v) is 39.2. The van der Waals surface area contributed by atoms with Crippen LogP contribution < -0.4 is 52.8 Å². The molecule has 0 saturated heterocycles. The van der Waals surface area contributed by atoms with E-state index >= 15 is 0 Å². The molecular formula is C90H91ClF2N20O8. The van der Waals surface area contributed by atoms with Crippen LogP contribution in [-0.4, -0.2) is 168 Å². The van der Waals surface area contributed by atoms with Gasteiger partial charge in [-0.15, -0.1) is 0 Å². The van der Waals surface area contributed by atoms with E-state index in [-0.39, 0.29) is 5.75 Å². The van der Waals surface area contributed by atoms with Crippen LogP contribution in [0.4, 0.5) is 54.4 Å². The van der Waals surface area contributed by atoms with Crippen molar-refractivity contribution in [2.45, 2.75) is 33.3 Å². The van der Waals surface area contributed by atoms with E-state index in [1.54, 1.807) is 130 Å². The maximum atomic E-state index is 12.7. The Kier molecular flexibility index (Phi) is 26.2. The first-order valence-electron chi connectivity index (χ1n) is 38.9. The van der Waals surface area contributed by atoms with E-state index in [1.807, 2.05) is 173 Å². The molecule has 1 aliphatic rings. The molecule has 0 amide bonds. The van der Waals surface area contributed by atoms with Gasteiger partial charge in [0.05, 0.1) is 166 Å². The van der Waals surface area contributed by atoms with Gasteiger partial charge in [0.2, 0.25) is 0 Å². The number of nitrogens with zero attached hydrogens (tertiary/aromatic N) is 20. The maximum absolute atomic E-state index is 12.7. The maximum Gasteiger partial charge on any atom is 0.387 e. The number of rotatable bonds is 27. The summed E-state index contributed by atoms with van der Waals surface area (Å²) in [6.45, 7) is 4.72. The lowest BCUT2D eigenvalue weighted by Gasteiger charge is -2.26. The highest BCUT2D eigenvalue weighted by Gasteiger charge is 2.28. The number of aromatic nitrogens is 16. The number of fused-ring (bicyclic) bond motifs is 4. The highest BCUT2D eigenvalue weighted by atomic mass is 35.5. The second-order valence-corrected chi connectivity index (χ2v) is 28.6. The summed E-state index contributed by atoms with van der Waals surface area (Å²) in [4.78, 5) is 46.0. The fraction of sp³-hybridized carbons (Fsp3) is 0.244. The van der Waals surface area contributed by atoms with Gasteiger partial charge in [-0.3, -0.25) is 38.7 Å². The fourth-order valence-electron chi connectivity index (χ4n) is 13.7. The molecule has 1 saturated carbocycles. The average molecular weight is 1650 g/mol. The summed E-state index contributed by atoms with van der Waals surface area (Å²) in [5, 5.41) is 17.4. The lowest BCUT2D eigenvalue weighted by molar-refractivity contribution is -0.0498. The monoisotopic (exact) mass is 1650 g/mol. The zero-order chi connectivity index (χ0) is 84.8. The molecule has 620 valence electrons. The predicted octanol–water partition coefficient (Wildman–Crippen LogP) is 18.1. The SMILES string of the molecule is CCN(c1cc(OC)cc(OC)c1)c1ccc2ncc(-c3cnn(C)c3)nc2c1.CCN(c1ccc2ncc(-c3cnn(C)c3)nc2c1)c1cc(OC)cc(OC)c1Cl.COCCN(c1cc(OC)cc(OC)c1)c1ccc2ncc(-c3cnn(C)c3)nc2c1.Cn1cc(-c2ccc3ncc(N(CC4CC4)c4cccc(OC(F)F)c4)nc3c2)cn1. The Balaban J connectivity index is 0.000000132. The summed E-state index contributed by atoms with van der Waals surface area (Å²) in [5.74, 6) is 5.52. The number of anilines is 8. The van der Waals surface area contributed by atoms with Crippen LogP contribution in [0.1, 0.15) is 26.7 Å². The molecule has 0 spiro atoms. The second-order valence-electron chi connectivity index (χ2n) is 28.2. The van der Waals surface area contributed by atoms with Gasteiger partial charge in [0.15, 0.2) is 5.82 Å².